The zero-order valence-corrected chi connectivity index (χ0v) is 7.71. The molecule has 0 aromatic carbocycles. The van der Waals surface area contributed by atoms with E-state index in [2.05, 4.69) is 4.98 Å². The van der Waals surface area contributed by atoms with Gasteiger partial charge in [-0.05, 0) is 0 Å². The first-order valence-electron chi connectivity index (χ1n) is 3.87. The summed E-state index contributed by atoms with van der Waals surface area (Å²) >= 11 is 1.39. The topological polar surface area (TPSA) is 68.4 Å². The van der Waals surface area contributed by atoms with Gasteiger partial charge in [0.25, 0.3) is 0 Å². The largest absolute Gasteiger partial charge is 0.448 e. The molecule has 1 fully saturated rings. The Hall–Kier alpha value is -1.30. The lowest BCUT2D eigenvalue weighted by molar-refractivity contribution is 0.157. The van der Waals surface area contributed by atoms with E-state index in [-0.39, 0.29) is 6.09 Å². The summed E-state index contributed by atoms with van der Waals surface area (Å²) in [6.07, 6.45) is 1.43. The van der Waals surface area contributed by atoms with Crippen LogP contribution in [0.2, 0.25) is 0 Å². The van der Waals surface area contributed by atoms with E-state index in [1.54, 1.807) is 11.1 Å². The van der Waals surface area contributed by atoms with Gasteiger partial charge >= 0.3 is 6.09 Å². The van der Waals surface area contributed by atoms with Gasteiger partial charge in [-0.2, -0.15) is 0 Å². The molecule has 0 atom stereocenters. The number of nitrogens with zero attached hydrogens (tertiary/aromatic N) is 2. The summed E-state index contributed by atoms with van der Waals surface area (Å²) in [5.74, 6) is 0. The second-order valence-electron chi connectivity index (χ2n) is 2.70. The molecule has 1 aliphatic rings. The van der Waals surface area contributed by atoms with Gasteiger partial charge in [0, 0.05) is 11.1 Å². The van der Waals surface area contributed by atoms with Gasteiger partial charge in [-0.25, -0.2) is 9.78 Å². The van der Waals surface area contributed by atoms with Crippen LogP contribution in [0.5, 0.6) is 0 Å². The highest BCUT2D eigenvalue weighted by Gasteiger charge is 2.22. The Morgan fingerprint density at radius 2 is 2.62 bits per heavy atom. The van der Waals surface area contributed by atoms with Crippen molar-refractivity contribution in [2.75, 3.05) is 18.9 Å². The molecule has 0 saturated carbocycles. The van der Waals surface area contributed by atoms with Gasteiger partial charge in [0.15, 0.2) is 5.13 Å². The summed E-state index contributed by atoms with van der Waals surface area (Å²) in [6.45, 7) is 1.68. The van der Waals surface area contributed by atoms with Crippen molar-refractivity contribution in [3.63, 3.8) is 0 Å². The highest BCUT2D eigenvalue weighted by molar-refractivity contribution is 7.15. The van der Waals surface area contributed by atoms with Gasteiger partial charge in [0.2, 0.25) is 0 Å². The molecular weight excluding hydrogens is 190 g/mol. The Labute approximate surface area is 79.1 Å². The smallest absolute Gasteiger partial charge is 0.410 e. The van der Waals surface area contributed by atoms with Crippen LogP contribution in [-0.4, -0.2) is 29.1 Å². The molecule has 1 saturated heterocycles. The Bertz CT molecular complexity index is 325. The zero-order chi connectivity index (χ0) is 9.26. The maximum absolute atomic E-state index is 11.0. The van der Waals surface area contributed by atoms with Crippen LogP contribution in [0.25, 0.3) is 0 Å². The summed E-state index contributed by atoms with van der Waals surface area (Å²) in [5.41, 5.74) is 5.46. The summed E-state index contributed by atoms with van der Waals surface area (Å²) < 4.78 is 4.78. The standard InChI is InChI=1S/C7H9N3O2S/c8-6-9-3-5(13-6)4-10-1-2-12-7(10)11/h3H,1-2,4H2,(H2,8,9). The second kappa shape index (κ2) is 3.21. The number of rotatable bonds is 2. The first-order chi connectivity index (χ1) is 6.25. The molecule has 0 radical (unpaired) electrons. The number of hydrogen-bond acceptors (Lipinski definition) is 5. The van der Waals surface area contributed by atoms with Gasteiger partial charge in [0.1, 0.15) is 6.61 Å². The third-order valence-corrected chi connectivity index (χ3v) is 2.57. The fourth-order valence-corrected chi connectivity index (χ4v) is 1.85. The number of nitrogens with two attached hydrogens (primary N) is 1. The number of thiazole rings is 1. The third kappa shape index (κ3) is 1.72. The molecule has 0 aliphatic carbocycles. The maximum atomic E-state index is 11.0. The molecule has 2 heterocycles. The summed E-state index contributed by atoms with van der Waals surface area (Å²) in [4.78, 5) is 17.6. The van der Waals surface area contributed by atoms with Gasteiger partial charge in [-0.15, -0.1) is 11.3 Å². The molecule has 70 valence electrons. The lowest BCUT2D eigenvalue weighted by atomic mass is 10.5. The van der Waals surface area contributed by atoms with Crippen molar-refractivity contribution >= 4 is 22.6 Å². The van der Waals surface area contributed by atoms with Crippen LogP contribution in [0, 0.1) is 0 Å². The van der Waals surface area contributed by atoms with Crippen LogP contribution in [-0.2, 0) is 11.3 Å². The quantitative estimate of drug-likeness (QED) is 0.760. The first-order valence-corrected chi connectivity index (χ1v) is 4.69. The van der Waals surface area contributed by atoms with E-state index >= 15 is 0 Å². The monoisotopic (exact) mass is 199 g/mol. The minimum absolute atomic E-state index is 0.257. The number of hydrogen-bond donors (Lipinski definition) is 1. The van der Waals surface area contributed by atoms with Gasteiger partial charge < -0.3 is 10.5 Å². The van der Waals surface area contributed by atoms with E-state index in [1.807, 2.05) is 0 Å². The van der Waals surface area contributed by atoms with E-state index in [1.165, 1.54) is 11.3 Å². The molecule has 0 spiro atoms. The number of carbonyl (C=O) groups excluding carboxylic acids is 1. The molecule has 1 aromatic rings. The molecule has 2 rings (SSSR count). The number of cyclic esters (lactones) is 1. The second-order valence-corrected chi connectivity index (χ2v) is 3.85. The van der Waals surface area contributed by atoms with Crippen molar-refractivity contribution in [2.45, 2.75) is 6.54 Å². The molecule has 0 bridgehead atoms. The summed E-state index contributed by atoms with van der Waals surface area (Å²) in [5, 5.41) is 0.530. The number of ether oxygens (including phenoxy) is 1. The van der Waals surface area contributed by atoms with E-state index in [0.717, 1.165) is 4.88 Å². The van der Waals surface area contributed by atoms with Crippen LogP contribution in [0.15, 0.2) is 6.20 Å². The average molecular weight is 199 g/mol. The molecule has 5 nitrogen and oxygen atoms in total. The van der Waals surface area contributed by atoms with E-state index in [4.69, 9.17) is 10.5 Å². The predicted octanol–water partition coefficient (Wildman–Crippen LogP) is 0.678. The van der Waals surface area contributed by atoms with Crippen molar-refractivity contribution in [3.05, 3.63) is 11.1 Å². The van der Waals surface area contributed by atoms with Gasteiger partial charge in [0.05, 0.1) is 13.1 Å². The van der Waals surface area contributed by atoms with Crippen molar-refractivity contribution < 1.29 is 9.53 Å². The van der Waals surface area contributed by atoms with Crippen LogP contribution >= 0.6 is 11.3 Å². The Balaban J connectivity index is 2.01. The molecule has 13 heavy (non-hydrogen) atoms. The molecule has 2 N–H and O–H groups in total. The number of amides is 1. The number of carbonyl (C=O) groups is 1. The Morgan fingerprint density at radius 3 is 3.15 bits per heavy atom. The fourth-order valence-electron chi connectivity index (χ4n) is 1.15. The van der Waals surface area contributed by atoms with E-state index < -0.39 is 0 Å². The minimum atomic E-state index is -0.257. The Morgan fingerprint density at radius 1 is 1.77 bits per heavy atom. The summed E-state index contributed by atoms with van der Waals surface area (Å²) in [7, 11) is 0. The van der Waals surface area contributed by atoms with Crippen molar-refractivity contribution in [2.24, 2.45) is 0 Å². The summed E-state index contributed by atoms with van der Waals surface area (Å²) in [6, 6.07) is 0. The highest BCUT2D eigenvalue weighted by Crippen LogP contribution is 2.18. The van der Waals surface area contributed by atoms with Gasteiger partial charge in [-0.1, -0.05) is 0 Å². The lowest BCUT2D eigenvalue weighted by Gasteiger charge is -2.09. The fraction of sp³-hybridized carbons (Fsp3) is 0.429. The van der Waals surface area contributed by atoms with Crippen molar-refractivity contribution in [1.29, 1.82) is 0 Å². The van der Waals surface area contributed by atoms with Crippen LogP contribution < -0.4 is 5.73 Å². The SMILES string of the molecule is Nc1ncc(CN2CCOC2=O)s1. The molecule has 6 heteroatoms. The normalized spacial score (nSPS) is 16.3. The van der Waals surface area contributed by atoms with Crippen LogP contribution in [0.3, 0.4) is 0 Å². The zero-order valence-electron chi connectivity index (χ0n) is 6.90. The predicted molar refractivity (Wildman–Crippen MR) is 48.3 cm³/mol. The highest BCUT2D eigenvalue weighted by atomic mass is 32.1. The minimum Gasteiger partial charge on any atom is -0.448 e. The van der Waals surface area contributed by atoms with Crippen LogP contribution in [0.4, 0.5) is 9.93 Å². The van der Waals surface area contributed by atoms with Crippen molar-refractivity contribution in [1.82, 2.24) is 9.88 Å². The average Bonchev–Trinajstić information content (AvgIpc) is 2.64. The molecule has 1 aliphatic heterocycles. The molecule has 0 unspecified atom stereocenters. The van der Waals surface area contributed by atoms with Crippen molar-refractivity contribution in [3.8, 4) is 0 Å². The molecule has 1 amide bonds. The third-order valence-electron chi connectivity index (χ3n) is 1.76. The van der Waals surface area contributed by atoms with Crippen LogP contribution in [0.1, 0.15) is 4.88 Å². The molecule has 1 aromatic heterocycles. The number of aromatic nitrogens is 1. The number of nitrogen functional groups attached to an aromatic ring is 1. The number of anilines is 1. The van der Waals surface area contributed by atoms with Gasteiger partial charge in [-0.3, -0.25) is 4.90 Å². The van der Waals surface area contributed by atoms with E-state index in [0.29, 0.717) is 24.8 Å². The molecular formula is C7H9N3O2S. The Kier molecular flexibility index (Phi) is 2.05. The first kappa shape index (κ1) is 8.31. The maximum Gasteiger partial charge on any atom is 0.410 e. The van der Waals surface area contributed by atoms with E-state index in [9.17, 15) is 4.79 Å². The lowest BCUT2D eigenvalue weighted by Crippen LogP contribution is -2.22.